The van der Waals surface area contributed by atoms with Gasteiger partial charge in [0.1, 0.15) is 9.88 Å². The number of likely N-dealkylation sites (N-methyl/N-ethyl adjacent to an activating group) is 1. The number of pyridine rings is 1. The number of carbonyl (C=O) groups is 2. The molecular weight excluding hydrogens is 600 g/mol. The molecule has 5 rings (SSSR count). The van der Waals surface area contributed by atoms with Crippen molar-refractivity contribution in [1.82, 2.24) is 20.2 Å². The first-order chi connectivity index (χ1) is 20.8. The molecule has 3 heterocycles. The molecule has 2 aromatic heterocycles. The van der Waals surface area contributed by atoms with Gasteiger partial charge >= 0.3 is 6.18 Å². The summed E-state index contributed by atoms with van der Waals surface area (Å²) in [5.74, 6) is -2.06. The van der Waals surface area contributed by atoms with Crippen molar-refractivity contribution in [3.8, 4) is 10.6 Å². The number of aromatic nitrogens is 2. The summed E-state index contributed by atoms with van der Waals surface area (Å²) in [4.78, 5) is 48.4. The predicted molar refractivity (Wildman–Crippen MR) is 161 cm³/mol. The molecular formula is C30H34F4N6O3S. The Labute approximate surface area is 255 Å². The number of benzene rings is 1. The van der Waals surface area contributed by atoms with E-state index in [-0.39, 0.29) is 46.0 Å². The Morgan fingerprint density at radius 1 is 1.05 bits per heavy atom. The van der Waals surface area contributed by atoms with Crippen molar-refractivity contribution in [1.29, 1.82) is 0 Å². The van der Waals surface area contributed by atoms with Crippen LogP contribution >= 0.6 is 11.3 Å². The molecule has 236 valence electrons. The smallest absolute Gasteiger partial charge is 0.366 e. The van der Waals surface area contributed by atoms with Gasteiger partial charge in [0, 0.05) is 49.2 Å². The molecule has 1 aromatic carbocycles. The summed E-state index contributed by atoms with van der Waals surface area (Å²) >= 11 is 0.994. The Hall–Kier alpha value is -3.78. The van der Waals surface area contributed by atoms with Crippen molar-refractivity contribution >= 4 is 34.5 Å². The van der Waals surface area contributed by atoms with Gasteiger partial charge in [0.25, 0.3) is 11.8 Å². The van der Waals surface area contributed by atoms with Crippen LogP contribution in [0.1, 0.15) is 71.5 Å². The molecule has 2 amide bonds. The SMILES string of the molecule is C[C@@H]1CN(c2cc(NC(=O)c3c[nH]c(=O)cc3C(F)(F)F)cc(-c3ncc(C(=O)NC4CCCCC4)s3)c2F)C[C@H](C)N1C. The highest BCUT2D eigenvalue weighted by atomic mass is 32.1. The Morgan fingerprint density at radius 3 is 2.39 bits per heavy atom. The summed E-state index contributed by atoms with van der Waals surface area (Å²) < 4.78 is 57.3. The monoisotopic (exact) mass is 634 g/mol. The van der Waals surface area contributed by atoms with E-state index < -0.39 is 34.6 Å². The maximum Gasteiger partial charge on any atom is 0.417 e. The van der Waals surface area contributed by atoms with E-state index in [4.69, 9.17) is 0 Å². The zero-order chi connectivity index (χ0) is 31.8. The number of H-pyrrole nitrogens is 1. The fraction of sp³-hybridized carbons (Fsp3) is 0.467. The maximum absolute atomic E-state index is 16.3. The third kappa shape index (κ3) is 6.80. The number of carbonyl (C=O) groups excluding carboxylic acids is 2. The van der Waals surface area contributed by atoms with E-state index in [0.717, 1.165) is 43.4 Å². The van der Waals surface area contributed by atoms with E-state index >= 15 is 4.39 Å². The number of anilines is 2. The van der Waals surface area contributed by atoms with Gasteiger partial charge in [-0.25, -0.2) is 9.37 Å². The quantitative estimate of drug-likeness (QED) is 0.309. The lowest BCUT2D eigenvalue weighted by Gasteiger charge is -2.43. The van der Waals surface area contributed by atoms with Gasteiger partial charge in [-0.15, -0.1) is 11.3 Å². The first-order valence-electron chi connectivity index (χ1n) is 14.5. The topological polar surface area (TPSA) is 110 Å². The number of rotatable bonds is 6. The van der Waals surface area contributed by atoms with E-state index in [0.29, 0.717) is 30.2 Å². The Balaban J connectivity index is 1.51. The van der Waals surface area contributed by atoms with Crippen molar-refractivity contribution in [2.24, 2.45) is 0 Å². The average molecular weight is 635 g/mol. The van der Waals surface area contributed by atoms with Crippen molar-refractivity contribution in [3.63, 3.8) is 0 Å². The molecule has 1 saturated heterocycles. The molecule has 9 nitrogen and oxygen atoms in total. The van der Waals surface area contributed by atoms with Crippen LogP contribution in [-0.2, 0) is 6.18 Å². The molecule has 0 bridgehead atoms. The van der Waals surface area contributed by atoms with Gasteiger partial charge in [-0.2, -0.15) is 13.2 Å². The minimum Gasteiger partial charge on any atom is -0.366 e. The molecule has 3 aromatic rings. The zero-order valence-corrected chi connectivity index (χ0v) is 25.4. The van der Waals surface area contributed by atoms with Crippen LogP contribution in [0.5, 0.6) is 0 Å². The summed E-state index contributed by atoms with van der Waals surface area (Å²) in [6.45, 7) is 4.92. The Bertz CT molecular complexity index is 1590. The van der Waals surface area contributed by atoms with Gasteiger partial charge in [0.2, 0.25) is 5.56 Å². The van der Waals surface area contributed by atoms with Crippen LogP contribution in [0.4, 0.5) is 28.9 Å². The van der Waals surface area contributed by atoms with E-state index in [1.807, 2.05) is 25.8 Å². The van der Waals surface area contributed by atoms with Crippen molar-refractivity contribution in [2.75, 3.05) is 30.4 Å². The first-order valence-corrected chi connectivity index (χ1v) is 15.3. The lowest BCUT2D eigenvalue weighted by molar-refractivity contribution is -0.138. The highest BCUT2D eigenvalue weighted by molar-refractivity contribution is 7.16. The van der Waals surface area contributed by atoms with Gasteiger partial charge in [-0.1, -0.05) is 19.3 Å². The van der Waals surface area contributed by atoms with E-state index in [1.165, 1.54) is 18.3 Å². The van der Waals surface area contributed by atoms with Gasteiger partial charge in [-0.05, 0) is 45.9 Å². The van der Waals surface area contributed by atoms with Crippen LogP contribution < -0.4 is 21.1 Å². The highest BCUT2D eigenvalue weighted by Crippen LogP contribution is 2.38. The highest BCUT2D eigenvalue weighted by Gasteiger charge is 2.36. The predicted octanol–water partition coefficient (Wildman–Crippen LogP) is 5.50. The molecule has 2 atom stereocenters. The molecule has 14 heteroatoms. The van der Waals surface area contributed by atoms with E-state index in [9.17, 15) is 27.6 Å². The number of halogens is 4. The van der Waals surface area contributed by atoms with Crippen LogP contribution in [0.15, 0.2) is 35.4 Å². The third-order valence-electron chi connectivity index (χ3n) is 8.39. The van der Waals surface area contributed by atoms with Gasteiger partial charge in [-0.3, -0.25) is 19.3 Å². The van der Waals surface area contributed by atoms with Crippen LogP contribution in [0.25, 0.3) is 10.6 Å². The lowest BCUT2D eigenvalue weighted by Crippen LogP contribution is -2.55. The number of alkyl halides is 3. The average Bonchev–Trinajstić information content (AvgIpc) is 3.47. The molecule has 44 heavy (non-hydrogen) atoms. The fourth-order valence-electron chi connectivity index (χ4n) is 5.77. The van der Waals surface area contributed by atoms with Crippen molar-refractivity contribution < 1.29 is 27.2 Å². The minimum atomic E-state index is -4.96. The molecule has 0 radical (unpaired) electrons. The first kappa shape index (κ1) is 31.6. The molecule has 1 saturated carbocycles. The molecule has 2 aliphatic rings. The normalized spacial score (nSPS) is 20.0. The number of piperazine rings is 1. The van der Waals surface area contributed by atoms with Crippen LogP contribution in [0, 0.1) is 5.82 Å². The van der Waals surface area contributed by atoms with Crippen LogP contribution in [0.2, 0.25) is 0 Å². The standard InChI is InChI=1S/C30H34F4N6O3S/c1-16-14-40(15-17(2)39(16)3)23-10-19(38-27(42)21-12-35-25(41)11-22(21)30(32,33)34)9-20(26(23)31)29-36-13-24(44-29)28(43)37-18-7-5-4-6-8-18/h9-13,16-18H,4-8,14-15H2,1-3H3,(H,35,41)(H,37,43)(H,38,42)/t16-,17+. The van der Waals surface area contributed by atoms with Crippen molar-refractivity contribution in [2.45, 2.75) is 70.3 Å². The molecule has 1 aliphatic heterocycles. The van der Waals surface area contributed by atoms with E-state index in [1.54, 1.807) is 0 Å². The van der Waals surface area contributed by atoms with Crippen molar-refractivity contribution in [3.05, 3.63) is 62.8 Å². The third-order valence-corrected chi connectivity index (χ3v) is 9.42. The second-order valence-electron chi connectivity index (χ2n) is 11.5. The summed E-state index contributed by atoms with van der Waals surface area (Å²) in [5, 5.41) is 5.66. The summed E-state index contributed by atoms with van der Waals surface area (Å²) in [5.41, 5.74) is -3.02. The van der Waals surface area contributed by atoms with Gasteiger partial charge in [0.05, 0.1) is 28.6 Å². The summed E-state index contributed by atoms with van der Waals surface area (Å²) in [6.07, 6.45) is 2.12. The molecule has 0 unspecified atom stereocenters. The Kier molecular flexibility index (Phi) is 9.12. The fourth-order valence-corrected chi connectivity index (χ4v) is 6.60. The number of nitrogens with zero attached hydrogens (tertiary/aromatic N) is 3. The molecule has 1 aliphatic carbocycles. The maximum atomic E-state index is 16.3. The number of hydrogen-bond donors (Lipinski definition) is 3. The largest absolute Gasteiger partial charge is 0.417 e. The number of nitrogens with one attached hydrogen (secondary N) is 3. The summed E-state index contributed by atoms with van der Waals surface area (Å²) in [6, 6.07) is 3.18. The van der Waals surface area contributed by atoms with Gasteiger partial charge in [0.15, 0.2) is 5.82 Å². The minimum absolute atomic E-state index is 0.00346. The second-order valence-corrected chi connectivity index (χ2v) is 12.6. The summed E-state index contributed by atoms with van der Waals surface area (Å²) in [7, 11) is 1.98. The molecule has 0 spiro atoms. The number of hydrogen-bond acceptors (Lipinski definition) is 7. The zero-order valence-electron chi connectivity index (χ0n) is 24.6. The Morgan fingerprint density at radius 2 is 1.73 bits per heavy atom. The van der Waals surface area contributed by atoms with Crippen LogP contribution in [-0.4, -0.2) is 64.9 Å². The number of aromatic amines is 1. The molecule has 3 N–H and O–H groups in total. The second kappa shape index (κ2) is 12.7. The number of thiazole rings is 1. The van der Waals surface area contributed by atoms with Crippen LogP contribution in [0.3, 0.4) is 0 Å². The van der Waals surface area contributed by atoms with Gasteiger partial charge < -0.3 is 20.5 Å². The van der Waals surface area contributed by atoms with E-state index in [2.05, 4.69) is 25.5 Å². The molecule has 2 fully saturated rings. The number of amides is 2. The lowest BCUT2D eigenvalue weighted by atomic mass is 9.95.